The number of amides is 2. The number of anilines is 1. The molecule has 0 saturated heterocycles. The molecule has 2 N–H and O–H groups in total. The van der Waals surface area contributed by atoms with Crippen LogP contribution in [0, 0.1) is 5.82 Å². The fourth-order valence-electron chi connectivity index (χ4n) is 1.89. The van der Waals surface area contributed by atoms with Crippen molar-refractivity contribution < 1.29 is 14.0 Å². The SMILES string of the molecule is CCSc1cc(C(=O)Nc2ccc(F)c(C(=O)NC)c2)ccn1. The van der Waals surface area contributed by atoms with Gasteiger partial charge in [-0.1, -0.05) is 6.92 Å². The van der Waals surface area contributed by atoms with E-state index in [-0.39, 0.29) is 11.5 Å². The molecule has 2 rings (SSSR count). The third-order valence-corrected chi connectivity index (χ3v) is 3.79. The number of benzene rings is 1. The molecule has 0 aliphatic heterocycles. The van der Waals surface area contributed by atoms with Gasteiger partial charge in [0.2, 0.25) is 0 Å². The monoisotopic (exact) mass is 333 g/mol. The Balaban J connectivity index is 2.20. The van der Waals surface area contributed by atoms with Crippen molar-refractivity contribution in [2.24, 2.45) is 0 Å². The molecule has 2 amide bonds. The minimum absolute atomic E-state index is 0.123. The van der Waals surface area contributed by atoms with E-state index < -0.39 is 11.7 Å². The van der Waals surface area contributed by atoms with Gasteiger partial charge in [-0.05, 0) is 36.1 Å². The molecule has 1 heterocycles. The molecule has 0 aliphatic rings. The molecule has 7 heteroatoms. The first-order valence-electron chi connectivity index (χ1n) is 6.97. The van der Waals surface area contributed by atoms with Crippen molar-refractivity contribution in [3.8, 4) is 0 Å². The van der Waals surface area contributed by atoms with Crippen LogP contribution in [0.25, 0.3) is 0 Å². The van der Waals surface area contributed by atoms with Crippen LogP contribution in [0.4, 0.5) is 10.1 Å². The standard InChI is InChI=1S/C16H16FN3O2S/c1-3-23-14-8-10(6-7-19-14)15(21)20-11-4-5-13(17)12(9-11)16(22)18-2/h4-9H,3H2,1-2H3,(H,18,22)(H,20,21). The van der Waals surface area contributed by atoms with Gasteiger partial charge in [-0.15, -0.1) is 11.8 Å². The lowest BCUT2D eigenvalue weighted by atomic mass is 10.1. The largest absolute Gasteiger partial charge is 0.355 e. The fourth-order valence-corrected chi connectivity index (χ4v) is 2.53. The maximum Gasteiger partial charge on any atom is 0.255 e. The molecular formula is C16H16FN3O2S. The summed E-state index contributed by atoms with van der Waals surface area (Å²) in [6.45, 7) is 2.00. The first-order valence-corrected chi connectivity index (χ1v) is 7.95. The molecule has 0 unspecified atom stereocenters. The summed E-state index contributed by atoms with van der Waals surface area (Å²) in [6.07, 6.45) is 1.56. The predicted octanol–water partition coefficient (Wildman–Crippen LogP) is 2.94. The lowest BCUT2D eigenvalue weighted by Gasteiger charge is -2.08. The first kappa shape index (κ1) is 17.0. The lowest BCUT2D eigenvalue weighted by molar-refractivity contribution is 0.0957. The maximum absolute atomic E-state index is 13.6. The molecule has 0 saturated carbocycles. The number of rotatable bonds is 5. The minimum atomic E-state index is -0.645. The van der Waals surface area contributed by atoms with Crippen LogP contribution in [0.5, 0.6) is 0 Å². The topological polar surface area (TPSA) is 71.1 Å². The molecule has 0 fully saturated rings. The Morgan fingerprint density at radius 1 is 1.22 bits per heavy atom. The Labute approximate surface area is 137 Å². The summed E-state index contributed by atoms with van der Waals surface area (Å²) in [5.74, 6) is -0.692. The van der Waals surface area contributed by atoms with E-state index in [4.69, 9.17) is 0 Å². The number of pyridine rings is 1. The zero-order valence-corrected chi connectivity index (χ0v) is 13.5. The molecule has 0 radical (unpaired) electrons. The smallest absolute Gasteiger partial charge is 0.255 e. The molecular weight excluding hydrogens is 317 g/mol. The first-order chi connectivity index (χ1) is 11.0. The second-order valence-corrected chi connectivity index (χ2v) is 5.83. The molecule has 0 atom stereocenters. The predicted molar refractivity (Wildman–Crippen MR) is 88.4 cm³/mol. The molecule has 1 aromatic carbocycles. The Bertz CT molecular complexity index is 737. The quantitative estimate of drug-likeness (QED) is 0.825. The highest BCUT2D eigenvalue weighted by molar-refractivity contribution is 7.99. The van der Waals surface area contributed by atoms with Crippen molar-refractivity contribution >= 4 is 29.3 Å². The van der Waals surface area contributed by atoms with E-state index in [1.807, 2.05) is 6.92 Å². The molecule has 120 valence electrons. The summed E-state index contributed by atoms with van der Waals surface area (Å²) < 4.78 is 13.6. The molecule has 23 heavy (non-hydrogen) atoms. The Hall–Kier alpha value is -2.41. The van der Waals surface area contributed by atoms with E-state index in [1.54, 1.807) is 18.3 Å². The van der Waals surface area contributed by atoms with Crippen LogP contribution in [0.2, 0.25) is 0 Å². The van der Waals surface area contributed by atoms with Crippen LogP contribution in [-0.4, -0.2) is 29.6 Å². The summed E-state index contributed by atoms with van der Waals surface area (Å²) in [5.41, 5.74) is 0.667. The van der Waals surface area contributed by atoms with Crippen molar-refractivity contribution in [3.05, 3.63) is 53.5 Å². The van der Waals surface area contributed by atoms with Crippen molar-refractivity contribution in [1.82, 2.24) is 10.3 Å². The van der Waals surface area contributed by atoms with Crippen LogP contribution in [-0.2, 0) is 0 Å². The summed E-state index contributed by atoms with van der Waals surface area (Å²) in [6, 6.07) is 7.13. The number of hydrogen-bond acceptors (Lipinski definition) is 4. The molecule has 2 aromatic rings. The number of thioether (sulfide) groups is 1. The average molecular weight is 333 g/mol. The van der Waals surface area contributed by atoms with Crippen molar-refractivity contribution in [3.63, 3.8) is 0 Å². The van der Waals surface area contributed by atoms with Gasteiger partial charge in [0.1, 0.15) is 5.82 Å². The number of aromatic nitrogens is 1. The summed E-state index contributed by atoms with van der Waals surface area (Å²) in [4.78, 5) is 28.0. The van der Waals surface area contributed by atoms with Gasteiger partial charge >= 0.3 is 0 Å². The Kier molecular flexibility index (Phi) is 5.70. The normalized spacial score (nSPS) is 10.2. The number of halogens is 1. The lowest BCUT2D eigenvalue weighted by Crippen LogP contribution is -2.20. The van der Waals surface area contributed by atoms with E-state index in [0.29, 0.717) is 11.3 Å². The van der Waals surface area contributed by atoms with Gasteiger partial charge in [-0.3, -0.25) is 9.59 Å². The van der Waals surface area contributed by atoms with E-state index in [0.717, 1.165) is 16.8 Å². The van der Waals surface area contributed by atoms with Gasteiger partial charge in [-0.25, -0.2) is 9.37 Å². The number of carbonyl (C=O) groups is 2. The Morgan fingerprint density at radius 3 is 2.70 bits per heavy atom. The number of nitrogens with zero attached hydrogens (tertiary/aromatic N) is 1. The van der Waals surface area contributed by atoms with Crippen molar-refractivity contribution in [2.45, 2.75) is 11.9 Å². The zero-order valence-electron chi connectivity index (χ0n) is 12.7. The van der Waals surface area contributed by atoms with Gasteiger partial charge in [0.25, 0.3) is 11.8 Å². The van der Waals surface area contributed by atoms with E-state index in [1.165, 1.54) is 30.9 Å². The van der Waals surface area contributed by atoms with Crippen LogP contribution < -0.4 is 10.6 Å². The maximum atomic E-state index is 13.6. The highest BCUT2D eigenvalue weighted by Gasteiger charge is 2.13. The van der Waals surface area contributed by atoms with Crippen LogP contribution >= 0.6 is 11.8 Å². The second kappa shape index (κ2) is 7.73. The molecule has 0 spiro atoms. The van der Waals surface area contributed by atoms with Crippen LogP contribution in [0.3, 0.4) is 0 Å². The average Bonchev–Trinajstić information content (AvgIpc) is 2.56. The summed E-state index contributed by atoms with van der Waals surface area (Å²) >= 11 is 1.53. The summed E-state index contributed by atoms with van der Waals surface area (Å²) in [5, 5.41) is 5.76. The molecule has 0 aliphatic carbocycles. The van der Waals surface area contributed by atoms with Gasteiger partial charge in [0.05, 0.1) is 10.6 Å². The van der Waals surface area contributed by atoms with Crippen LogP contribution in [0.1, 0.15) is 27.6 Å². The highest BCUT2D eigenvalue weighted by atomic mass is 32.2. The fraction of sp³-hybridized carbons (Fsp3) is 0.188. The Morgan fingerprint density at radius 2 is 2.00 bits per heavy atom. The highest BCUT2D eigenvalue weighted by Crippen LogP contribution is 2.18. The van der Waals surface area contributed by atoms with E-state index >= 15 is 0 Å². The van der Waals surface area contributed by atoms with Crippen molar-refractivity contribution in [2.75, 3.05) is 18.1 Å². The summed E-state index contributed by atoms with van der Waals surface area (Å²) in [7, 11) is 1.41. The van der Waals surface area contributed by atoms with E-state index in [9.17, 15) is 14.0 Å². The second-order valence-electron chi connectivity index (χ2n) is 4.54. The van der Waals surface area contributed by atoms with Gasteiger partial charge in [-0.2, -0.15) is 0 Å². The number of hydrogen-bond donors (Lipinski definition) is 2. The van der Waals surface area contributed by atoms with Crippen molar-refractivity contribution in [1.29, 1.82) is 0 Å². The number of nitrogens with one attached hydrogen (secondary N) is 2. The number of carbonyl (C=O) groups excluding carboxylic acids is 2. The molecule has 5 nitrogen and oxygen atoms in total. The zero-order chi connectivity index (χ0) is 16.8. The van der Waals surface area contributed by atoms with Gasteiger partial charge in [0.15, 0.2) is 0 Å². The van der Waals surface area contributed by atoms with Gasteiger partial charge < -0.3 is 10.6 Å². The molecule has 1 aromatic heterocycles. The van der Waals surface area contributed by atoms with Crippen LogP contribution in [0.15, 0.2) is 41.6 Å². The van der Waals surface area contributed by atoms with E-state index in [2.05, 4.69) is 15.6 Å². The third-order valence-electron chi connectivity index (χ3n) is 2.99. The minimum Gasteiger partial charge on any atom is -0.355 e. The van der Waals surface area contributed by atoms with Gasteiger partial charge in [0, 0.05) is 24.5 Å². The third kappa shape index (κ3) is 4.29. The molecule has 0 bridgehead atoms.